The van der Waals surface area contributed by atoms with Gasteiger partial charge in [0.1, 0.15) is 0 Å². The summed E-state index contributed by atoms with van der Waals surface area (Å²) in [5.74, 6) is -0.952. The normalized spacial score (nSPS) is 10.1. The molecule has 27 heavy (non-hydrogen) atoms. The molecule has 0 fully saturated rings. The van der Waals surface area contributed by atoms with Crippen molar-refractivity contribution in [3.8, 4) is 0 Å². The second kappa shape index (κ2) is 10.6. The molecule has 0 saturated heterocycles. The van der Waals surface area contributed by atoms with Gasteiger partial charge in [-0.1, -0.05) is 53.5 Å². The summed E-state index contributed by atoms with van der Waals surface area (Å²) in [6.45, 7) is 0. The molecule has 0 bridgehead atoms. The van der Waals surface area contributed by atoms with E-state index in [1.165, 1.54) is 5.56 Å². The summed E-state index contributed by atoms with van der Waals surface area (Å²) in [6, 6.07) is 20.5. The van der Waals surface area contributed by atoms with Crippen LogP contribution in [0.2, 0.25) is 10.0 Å². The first-order valence-electron chi connectivity index (χ1n) is 8.15. The van der Waals surface area contributed by atoms with Crippen molar-refractivity contribution in [3.05, 3.63) is 93.5 Å². The molecule has 3 rings (SSSR count). The summed E-state index contributed by atoms with van der Waals surface area (Å²) < 4.78 is 0. The second-order valence-corrected chi connectivity index (χ2v) is 6.74. The molecule has 2 N–H and O–H groups in total. The number of aryl methyl sites for hydroxylation is 2. The standard InChI is InChI=1S/C21H17Cl2NO2.K.H/c22-18-12-9-15(13-19(18)23)6-5-14-7-10-16(11-8-14)24-20-4-2-1-3-17(20)21(25)26;;/h1-4,7-13,24H,5-6H2,(H,25,26);;. The van der Waals surface area contributed by atoms with Crippen LogP contribution in [0.5, 0.6) is 0 Å². The van der Waals surface area contributed by atoms with E-state index >= 15 is 0 Å². The molecule has 3 aromatic rings. The van der Waals surface area contributed by atoms with Gasteiger partial charge in [-0.25, -0.2) is 4.79 Å². The maximum atomic E-state index is 11.3. The number of nitrogens with one attached hydrogen (secondary N) is 1. The maximum absolute atomic E-state index is 11.3. The Kier molecular flexibility index (Phi) is 8.83. The Hall–Kier alpha value is -0.854. The Bertz CT molecular complexity index is 930. The summed E-state index contributed by atoms with van der Waals surface area (Å²) >= 11 is 12.0. The molecule has 0 atom stereocenters. The van der Waals surface area contributed by atoms with Crippen LogP contribution in [0.25, 0.3) is 0 Å². The first-order chi connectivity index (χ1) is 12.5. The van der Waals surface area contributed by atoms with Crippen LogP contribution in [0.3, 0.4) is 0 Å². The number of aromatic carboxylic acids is 1. The first kappa shape index (κ1) is 22.4. The topological polar surface area (TPSA) is 49.3 Å². The summed E-state index contributed by atoms with van der Waals surface area (Å²) in [5.41, 5.74) is 3.99. The predicted molar refractivity (Wildman–Crippen MR) is 114 cm³/mol. The third-order valence-corrected chi connectivity index (χ3v) is 4.82. The van der Waals surface area contributed by atoms with Crippen LogP contribution in [0.1, 0.15) is 21.5 Å². The minimum atomic E-state index is -0.952. The summed E-state index contributed by atoms with van der Waals surface area (Å²) in [6.07, 6.45) is 1.75. The van der Waals surface area contributed by atoms with E-state index in [4.69, 9.17) is 23.2 Å². The number of carboxylic acids is 1. The zero-order valence-electron chi connectivity index (χ0n) is 13.9. The van der Waals surface area contributed by atoms with Crippen LogP contribution in [0.4, 0.5) is 11.4 Å². The van der Waals surface area contributed by atoms with Gasteiger partial charge in [0.25, 0.3) is 0 Å². The van der Waals surface area contributed by atoms with Gasteiger partial charge in [0, 0.05) is 5.69 Å². The first-order valence-corrected chi connectivity index (χ1v) is 8.91. The zero-order valence-corrected chi connectivity index (χ0v) is 15.4. The van der Waals surface area contributed by atoms with Gasteiger partial charge in [-0.2, -0.15) is 0 Å². The van der Waals surface area contributed by atoms with Gasteiger partial charge in [-0.05, 0) is 60.4 Å². The molecule has 0 saturated carbocycles. The number of hydrogen-bond acceptors (Lipinski definition) is 2. The van der Waals surface area contributed by atoms with Crippen LogP contribution < -0.4 is 5.32 Å². The molecule has 3 nitrogen and oxygen atoms in total. The molecule has 6 heteroatoms. The van der Waals surface area contributed by atoms with Crippen LogP contribution >= 0.6 is 23.2 Å². The molecule has 0 heterocycles. The SMILES string of the molecule is O=C(O)c1ccccc1Nc1ccc(CCc2ccc(Cl)c(Cl)c2)cc1.[KH]. The van der Waals surface area contributed by atoms with E-state index < -0.39 is 5.97 Å². The van der Waals surface area contributed by atoms with Gasteiger partial charge in [0.2, 0.25) is 0 Å². The molecule has 0 aliphatic rings. The summed E-state index contributed by atoms with van der Waals surface area (Å²) in [4.78, 5) is 11.3. The number of rotatable bonds is 6. The van der Waals surface area contributed by atoms with Crippen molar-refractivity contribution in [3.63, 3.8) is 0 Å². The predicted octanol–water partition coefficient (Wildman–Crippen LogP) is 5.57. The number of anilines is 2. The molecular formula is C21H18Cl2KNO2. The van der Waals surface area contributed by atoms with Gasteiger partial charge in [0.05, 0.1) is 21.3 Å². The van der Waals surface area contributed by atoms with E-state index in [1.807, 2.05) is 42.5 Å². The molecule has 0 amide bonds. The number of benzene rings is 3. The van der Waals surface area contributed by atoms with E-state index in [0.29, 0.717) is 15.7 Å². The zero-order chi connectivity index (χ0) is 18.5. The van der Waals surface area contributed by atoms with Gasteiger partial charge in [-0.3, -0.25) is 0 Å². The van der Waals surface area contributed by atoms with E-state index in [1.54, 1.807) is 24.3 Å². The minimum absolute atomic E-state index is 0. The third kappa shape index (κ3) is 6.33. The van der Waals surface area contributed by atoms with Crippen molar-refractivity contribution in [2.45, 2.75) is 12.8 Å². The Morgan fingerprint density at radius 3 is 2.15 bits per heavy atom. The fourth-order valence-electron chi connectivity index (χ4n) is 2.67. The van der Waals surface area contributed by atoms with Gasteiger partial charge >= 0.3 is 57.4 Å². The number of carbonyl (C=O) groups is 1. The van der Waals surface area contributed by atoms with Crippen molar-refractivity contribution < 1.29 is 9.90 Å². The van der Waals surface area contributed by atoms with Crippen molar-refractivity contribution in [2.75, 3.05) is 5.32 Å². The van der Waals surface area contributed by atoms with Crippen molar-refractivity contribution >= 4 is 91.9 Å². The van der Waals surface area contributed by atoms with E-state index in [0.717, 1.165) is 24.1 Å². The van der Waals surface area contributed by atoms with E-state index in [9.17, 15) is 9.90 Å². The molecule has 134 valence electrons. The van der Waals surface area contributed by atoms with Crippen LogP contribution in [-0.4, -0.2) is 62.5 Å². The van der Waals surface area contributed by atoms with E-state index in [2.05, 4.69) is 5.32 Å². The fraction of sp³-hybridized carbons (Fsp3) is 0.0952. The van der Waals surface area contributed by atoms with Gasteiger partial charge in [-0.15, -0.1) is 0 Å². The molecule has 0 spiro atoms. The van der Waals surface area contributed by atoms with Gasteiger partial charge < -0.3 is 10.4 Å². The summed E-state index contributed by atoms with van der Waals surface area (Å²) in [7, 11) is 0. The molecule has 0 aliphatic heterocycles. The molecule has 0 radical (unpaired) electrons. The Morgan fingerprint density at radius 1 is 0.852 bits per heavy atom. The van der Waals surface area contributed by atoms with Gasteiger partial charge in [0.15, 0.2) is 0 Å². The fourth-order valence-corrected chi connectivity index (χ4v) is 2.99. The van der Waals surface area contributed by atoms with Crippen LogP contribution in [-0.2, 0) is 12.8 Å². The summed E-state index contributed by atoms with van der Waals surface area (Å²) in [5, 5.41) is 13.5. The molecule has 3 aromatic carbocycles. The molecular weight excluding hydrogens is 408 g/mol. The average molecular weight is 426 g/mol. The number of halogens is 2. The monoisotopic (exact) mass is 425 g/mol. The van der Waals surface area contributed by atoms with Crippen LogP contribution in [0.15, 0.2) is 66.7 Å². The van der Waals surface area contributed by atoms with Crippen molar-refractivity contribution in [2.24, 2.45) is 0 Å². The van der Waals surface area contributed by atoms with Crippen LogP contribution in [0, 0.1) is 0 Å². The Balaban J connectivity index is 0.00000261. The quantitative estimate of drug-likeness (QED) is 0.507. The number of carboxylic acid groups (broad SMARTS) is 1. The number of hydrogen-bond donors (Lipinski definition) is 2. The molecule has 0 unspecified atom stereocenters. The Labute approximate surface area is 211 Å². The molecule has 0 aliphatic carbocycles. The average Bonchev–Trinajstić information content (AvgIpc) is 2.64. The van der Waals surface area contributed by atoms with Crippen molar-refractivity contribution in [1.29, 1.82) is 0 Å². The van der Waals surface area contributed by atoms with E-state index in [-0.39, 0.29) is 56.9 Å². The number of para-hydroxylation sites is 1. The van der Waals surface area contributed by atoms with Crippen molar-refractivity contribution in [1.82, 2.24) is 0 Å². The Morgan fingerprint density at radius 2 is 1.48 bits per heavy atom. The molecule has 0 aromatic heterocycles. The second-order valence-electron chi connectivity index (χ2n) is 5.92. The third-order valence-electron chi connectivity index (χ3n) is 4.08.